The molecule has 1 aromatic heterocycles. The zero-order valence-electron chi connectivity index (χ0n) is 12.4. The maximum absolute atomic E-state index is 4.74. The van der Waals surface area contributed by atoms with Crippen LogP contribution >= 0.6 is 0 Å². The summed E-state index contributed by atoms with van der Waals surface area (Å²) in [4.78, 5) is 9.33. The van der Waals surface area contributed by atoms with Crippen molar-refractivity contribution >= 4 is 5.82 Å². The molecule has 1 fully saturated rings. The molecule has 3 nitrogen and oxygen atoms in total. The molecule has 1 saturated carbocycles. The number of aromatic nitrogens is 2. The van der Waals surface area contributed by atoms with Crippen molar-refractivity contribution in [2.24, 2.45) is 0 Å². The van der Waals surface area contributed by atoms with E-state index in [2.05, 4.69) is 48.4 Å². The van der Waals surface area contributed by atoms with Gasteiger partial charge in [-0.05, 0) is 43.4 Å². The Kier molecular flexibility index (Phi) is 3.43. The standard InChI is InChI=1S/C17H21N3/c1-11-4-5-13(8-12(11)2)9-17-19-15(14-6-7-14)10-16(18-3)20-17/h4-5,8,10,14H,6-7,9H2,1-3H3,(H,18,19,20). The van der Waals surface area contributed by atoms with Crippen LogP contribution in [0.15, 0.2) is 24.3 Å². The van der Waals surface area contributed by atoms with Crippen molar-refractivity contribution in [1.82, 2.24) is 9.97 Å². The van der Waals surface area contributed by atoms with Crippen LogP contribution in [0.4, 0.5) is 5.82 Å². The van der Waals surface area contributed by atoms with Gasteiger partial charge in [-0.25, -0.2) is 9.97 Å². The first-order valence-electron chi connectivity index (χ1n) is 7.27. The summed E-state index contributed by atoms with van der Waals surface area (Å²) in [5, 5.41) is 3.15. The molecule has 1 aliphatic carbocycles. The summed E-state index contributed by atoms with van der Waals surface area (Å²) in [6.45, 7) is 4.29. The Morgan fingerprint density at radius 2 is 1.90 bits per heavy atom. The second kappa shape index (κ2) is 5.23. The van der Waals surface area contributed by atoms with E-state index in [9.17, 15) is 0 Å². The third-order valence-corrected chi connectivity index (χ3v) is 3.98. The van der Waals surface area contributed by atoms with Gasteiger partial charge in [0.15, 0.2) is 0 Å². The highest BCUT2D eigenvalue weighted by molar-refractivity contribution is 5.38. The minimum atomic E-state index is 0.656. The lowest BCUT2D eigenvalue weighted by Crippen LogP contribution is -2.04. The number of benzene rings is 1. The third-order valence-electron chi connectivity index (χ3n) is 3.98. The van der Waals surface area contributed by atoms with Gasteiger partial charge in [0, 0.05) is 31.1 Å². The van der Waals surface area contributed by atoms with Gasteiger partial charge in [0.25, 0.3) is 0 Å². The molecular weight excluding hydrogens is 246 g/mol. The Labute approximate surface area is 120 Å². The first-order chi connectivity index (χ1) is 9.65. The van der Waals surface area contributed by atoms with Crippen molar-refractivity contribution in [3.63, 3.8) is 0 Å². The lowest BCUT2D eigenvalue weighted by molar-refractivity contribution is 0.900. The number of anilines is 1. The number of aryl methyl sites for hydroxylation is 2. The maximum Gasteiger partial charge on any atom is 0.135 e. The normalized spacial score (nSPS) is 14.3. The smallest absolute Gasteiger partial charge is 0.135 e. The highest BCUT2D eigenvalue weighted by atomic mass is 15.0. The molecule has 0 aliphatic heterocycles. The van der Waals surface area contributed by atoms with Crippen LogP contribution in [0.25, 0.3) is 0 Å². The first kappa shape index (κ1) is 13.1. The molecule has 0 bridgehead atoms. The molecule has 0 amide bonds. The monoisotopic (exact) mass is 267 g/mol. The van der Waals surface area contributed by atoms with Gasteiger partial charge in [-0.1, -0.05) is 18.2 Å². The van der Waals surface area contributed by atoms with Crippen molar-refractivity contribution in [3.8, 4) is 0 Å². The van der Waals surface area contributed by atoms with Gasteiger partial charge in [0.05, 0.1) is 0 Å². The molecule has 0 spiro atoms. The zero-order valence-corrected chi connectivity index (χ0v) is 12.4. The molecule has 0 atom stereocenters. The fraction of sp³-hybridized carbons (Fsp3) is 0.412. The number of rotatable bonds is 4. The fourth-order valence-corrected chi connectivity index (χ4v) is 2.41. The van der Waals surface area contributed by atoms with E-state index < -0.39 is 0 Å². The molecule has 3 rings (SSSR count). The van der Waals surface area contributed by atoms with Crippen LogP contribution in [-0.4, -0.2) is 17.0 Å². The largest absolute Gasteiger partial charge is 0.373 e. The van der Waals surface area contributed by atoms with Crippen LogP contribution in [0.1, 0.15) is 47.0 Å². The van der Waals surface area contributed by atoms with Gasteiger partial charge < -0.3 is 5.32 Å². The quantitative estimate of drug-likeness (QED) is 0.919. The molecule has 1 aromatic carbocycles. The van der Waals surface area contributed by atoms with Crippen LogP contribution in [0, 0.1) is 13.8 Å². The average Bonchev–Trinajstić information content (AvgIpc) is 3.27. The first-order valence-corrected chi connectivity index (χ1v) is 7.27. The second-order valence-corrected chi connectivity index (χ2v) is 5.71. The summed E-state index contributed by atoms with van der Waals surface area (Å²) >= 11 is 0. The maximum atomic E-state index is 4.74. The van der Waals surface area contributed by atoms with Crippen molar-refractivity contribution in [2.75, 3.05) is 12.4 Å². The Balaban J connectivity index is 1.88. The van der Waals surface area contributed by atoms with Crippen molar-refractivity contribution in [3.05, 3.63) is 52.5 Å². The third kappa shape index (κ3) is 2.82. The highest BCUT2D eigenvalue weighted by Crippen LogP contribution is 2.39. The summed E-state index contributed by atoms with van der Waals surface area (Å²) in [5.41, 5.74) is 5.14. The highest BCUT2D eigenvalue weighted by Gasteiger charge is 2.26. The van der Waals surface area contributed by atoms with Crippen molar-refractivity contribution in [1.29, 1.82) is 0 Å². The van der Waals surface area contributed by atoms with Crippen molar-refractivity contribution < 1.29 is 0 Å². The predicted octanol–water partition coefficient (Wildman–Crippen LogP) is 3.60. The predicted molar refractivity (Wildman–Crippen MR) is 82.3 cm³/mol. The molecule has 2 aromatic rings. The van der Waals surface area contributed by atoms with Gasteiger partial charge in [0.1, 0.15) is 11.6 Å². The van der Waals surface area contributed by atoms with E-state index in [1.165, 1.54) is 35.2 Å². The molecule has 20 heavy (non-hydrogen) atoms. The van der Waals surface area contributed by atoms with Crippen LogP contribution in [-0.2, 0) is 6.42 Å². The van der Waals surface area contributed by atoms with E-state index >= 15 is 0 Å². The van der Waals surface area contributed by atoms with Crippen LogP contribution in [0.2, 0.25) is 0 Å². The number of nitrogens with one attached hydrogen (secondary N) is 1. The molecule has 3 heteroatoms. The van der Waals surface area contributed by atoms with E-state index in [-0.39, 0.29) is 0 Å². The molecule has 104 valence electrons. The van der Waals surface area contributed by atoms with E-state index in [1.807, 2.05) is 7.05 Å². The summed E-state index contributed by atoms with van der Waals surface area (Å²) < 4.78 is 0. The Hall–Kier alpha value is -1.90. The Bertz CT molecular complexity index is 630. The van der Waals surface area contributed by atoms with Crippen LogP contribution < -0.4 is 5.32 Å². The summed E-state index contributed by atoms with van der Waals surface area (Å²) in [6.07, 6.45) is 3.34. The second-order valence-electron chi connectivity index (χ2n) is 5.71. The molecule has 1 heterocycles. The molecule has 0 unspecified atom stereocenters. The summed E-state index contributed by atoms with van der Waals surface area (Å²) in [6, 6.07) is 8.67. The summed E-state index contributed by atoms with van der Waals surface area (Å²) in [7, 11) is 1.92. The zero-order chi connectivity index (χ0) is 14.1. The number of nitrogens with zero attached hydrogens (tertiary/aromatic N) is 2. The lowest BCUT2D eigenvalue weighted by atomic mass is 10.0. The Morgan fingerprint density at radius 3 is 2.55 bits per heavy atom. The van der Waals surface area contributed by atoms with E-state index in [0.717, 1.165) is 18.1 Å². The van der Waals surface area contributed by atoms with Gasteiger partial charge in [-0.15, -0.1) is 0 Å². The number of hydrogen-bond acceptors (Lipinski definition) is 3. The lowest BCUT2D eigenvalue weighted by Gasteiger charge is -2.08. The fourth-order valence-electron chi connectivity index (χ4n) is 2.41. The SMILES string of the molecule is CNc1cc(C2CC2)nc(Cc2ccc(C)c(C)c2)n1. The van der Waals surface area contributed by atoms with Gasteiger partial charge >= 0.3 is 0 Å². The molecule has 1 N–H and O–H groups in total. The van der Waals surface area contributed by atoms with Gasteiger partial charge in [0.2, 0.25) is 0 Å². The van der Waals surface area contributed by atoms with Crippen molar-refractivity contribution in [2.45, 2.75) is 39.0 Å². The minimum absolute atomic E-state index is 0.656. The number of hydrogen-bond donors (Lipinski definition) is 1. The van der Waals surface area contributed by atoms with Gasteiger partial charge in [-0.2, -0.15) is 0 Å². The topological polar surface area (TPSA) is 37.8 Å². The van der Waals surface area contributed by atoms with E-state index in [0.29, 0.717) is 5.92 Å². The molecular formula is C17H21N3. The molecule has 0 saturated heterocycles. The Morgan fingerprint density at radius 1 is 1.10 bits per heavy atom. The van der Waals surface area contributed by atoms with Gasteiger partial charge in [-0.3, -0.25) is 0 Å². The molecule has 1 aliphatic rings. The summed E-state index contributed by atoms with van der Waals surface area (Å²) in [5.74, 6) is 2.51. The molecule has 0 radical (unpaired) electrons. The van der Waals surface area contributed by atoms with Crippen LogP contribution in [0.5, 0.6) is 0 Å². The van der Waals surface area contributed by atoms with E-state index in [4.69, 9.17) is 4.98 Å². The minimum Gasteiger partial charge on any atom is -0.373 e. The van der Waals surface area contributed by atoms with E-state index in [1.54, 1.807) is 0 Å². The average molecular weight is 267 g/mol. The van der Waals surface area contributed by atoms with Crippen LogP contribution in [0.3, 0.4) is 0 Å².